The molecule has 162 valence electrons. The first-order valence-electron chi connectivity index (χ1n) is 10.3. The van der Waals surface area contributed by atoms with E-state index in [0.29, 0.717) is 43.9 Å². The molecule has 2 aromatic rings. The monoisotopic (exact) mass is 431 g/mol. The van der Waals surface area contributed by atoms with Gasteiger partial charge in [0.1, 0.15) is 0 Å². The number of sulfonamides is 1. The van der Waals surface area contributed by atoms with Crippen molar-refractivity contribution in [3.05, 3.63) is 53.6 Å². The second-order valence-electron chi connectivity index (χ2n) is 7.42. The molecule has 0 saturated carbocycles. The van der Waals surface area contributed by atoms with E-state index < -0.39 is 10.0 Å². The zero-order chi connectivity index (χ0) is 21.7. The van der Waals surface area contributed by atoms with Crippen LogP contribution >= 0.6 is 0 Å². The number of hydrogen-bond acceptors (Lipinski definition) is 5. The molecule has 30 heavy (non-hydrogen) atoms. The molecule has 0 spiro atoms. The SMILES string of the molecule is CCOC(=O)CCc1ccc(-c2ccc(S(=O)(=O)N(C)CC3CO3)c(CC)c2)cc1. The summed E-state index contributed by atoms with van der Waals surface area (Å²) in [6.45, 7) is 5.15. The average Bonchev–Trinajstić information content (AvgIpc) is 3.56. The van der Waals surface area contributed by atoms with Gasteiger partial charge in [0.15, 0.2) is 0 Å². The second kappa shape index (κ2) is 9.73. The van der Waals surface area contributed by atoms with E-state index in [1.54, 1.807) is 20.0 Å². The lowest BCUT2D eigenvalue weighted by molar-refractivity contribution is -0.143. The fourth-order valence-corrected chi connectivity index (χ4v) is 4.83. The average molecular weight is 432 g/mol. The summed E-state index contributed by atoms with van der Waals surface area (Å²) in [5.74, 6) is -0.191. The van der Waals surface area contributed by atoms with E-state index in [-0.39, 0.29) is 12.1 Å². The highest BCUT2D eigenvalue weighted by Crippen LogP contribution is 2.28. The van der Waals surface area contributed by atoms with Gasteiger partial charge in [0.05, 0.1) is 24.2 Å². The minimum absolute atomic E-state index is 0.0106. The Kier molecular flexibility index (Phi) is 7.28. The topological polar surface area (TPSA) is 76.2 Å². The molecule has 0 amide bonds. The molecule has 3 rings (SSSR count). The van der Waals surface area contributed by atoms with Gasteiger partial charge in [-0.3, -0.25) is 4.79 Å². The molecule has 6 nitrogen and oxygen atoms in total. The first kappa shape index (κ1) is 22.5. The largest absolute Gasteiger partial charge is 0.466 e. The Hall–Kier alpha value is -2.22. The Labute approximate surface area is 178 Å². The summed E-state index contributed by atoms with van der Waals surface area (Å²) in [5.41, 5.74) is 3.83. The zero-order valence-electron chi connectivity index (χ0n) is 17.8. The van der Waals surface area contributed by atoms with Crippen LogP contribution in [0.4, 0.5) is 0 Å². The minimum atomic E-state index is -3.55. The lowest BCUT2D eigenvalue weighted by Crippen LogP contribution is -2.31. The number of rotatable bonds is 10. The van der Waals surface area contributed by atoms with Crippen molar-refractivity contribution in [1.29, 1.82) is 0 Å². The number of benzene rings is 2. The molecule has 1 aliphatic rings. The number of carbonyl (C=O) groups excluding carboxylic acids is 1. The summed E-state index contributed by atoms with van der Waals surface area (Å²) in [6, 6.07) is 13.5. The van der Waals surface area contributed by atoms with Crippen LogP contribution in [-0.4, -0.2) is 51.6 Å². The summed E-state index contributed by atoms with van der Waals surface area (Å²) >= 11 is 0. The maximum atomic E-state index is 13.0. The number of carbonyl (C=O) groups is 1. The molecule has 2 aromatic carbocycles. The van der Waals surface area contributed by atoms with Crippen LogP contribution in [-0.2, 0) is 37.1 Å². The van der Waals surface area contributed by atoms with Gasteiger partial charge in [0, 0.05) is 20.0 Å². The Morgan fingerprint density at radius 3 is 2.40 bits per heavy atom. The van der Waals surface area contributed by atoms with Gasteiger partial charge in [-0.1, -0.05) is 37.3 Å². The van der Waals surface area contributed by atoms with Gasteiger partial charge in [-0.05, 0) is 54.2 Å². The van der Waals surface area contributed by atoms with Crippen molar-refractivity contribution >= 4 is 16.0 Å². The third-order valence-corrected chi connectivity index (χ3v) is 7.13. The van der Waals surface area contributed by atoms with Crippen molar-refractivity contribution in [1.82, 2.24) is 4.31 Å². The van der Waals surface area contributed by atoms with Crippen LogP contribution in [0.3, 0.4) is 0 Å². The van der Waals surface area contributed by atoms with Crippen molar-refractivity contribution in [2.75, 3.05) is 26.8 Å². The molecule has 0 aliphatic carbocycles. The fourth-order valence-electron chi connectivity index (χ4n) is 3.36. The lowest BCUT2D eigenvalue weighted by atomic mass is 10.00. The van der Waals surface area contributed by atoms with Crippen molar-refractivity contribution in [2.24, 2.45) is 0 Å². The molecule has 1 atom stereocenters. The van der Waals surface area contributed by atoms with E-state index in [1.165, 1.54) is 4.31 Å². The summed E-state index contributed by atoms with van der Waals surface area (Å²) < 4.78 is 37.4. The van der Waals surface area contributed by atoms with Crippen LogP contribution in [0.25, 0.3) is 11.1 Å². The molecule has 1 fully saturated rings. The number of likely N-dealkylation sites (N-methyl/N-ethyl adjacent to an activating group) is 1. The zero-order valence-corrected chi connectivity index (χ0v) is 18.6. The molecule has 0 radical (unpaired) electrons. The number of hydrogen-bond donors (Lipinski definition) is 0. The quantitative estimate of drug-likeness (QED) is 0.426. The molecule has 7 heteroatoms. The highest BCUT2D eigenvalue weighted by Gasteiger charge is 2.31. The van der Waals surface area contributed by atoms with E-state index in [1.807, 2.05) is 43.3 Å². The molecular weight excluding hydrogens is 402 g/mol. The third kappa shape index (κ3) is 5.47. The predicted molar refractivity (Wildman–Crippen MR) is 116 cm³/mol. The summed E-state index contributed by atoms with van der Waals surface area (Å²) in [6.07, 6.45) is 1.62. The summed E-state index contributed by atoms with van der Waals surface area (Å²) in [4.78, 5) is 11.9. The van der Waals surface area contributed by atoms with Gasteiger partial charge in [-0.15, -0.1) is 0 Å². The van der Waals surface area contributed by atoms with Crippen LogP contribution in [0.2, 0.25) is 0 Å². The number of aryl methyl sites for hydroxylation is 2. The van der Waals surface area contributed by atoms with Crippen LogP contribution in [0.15, 0.2) is 47.4 Å². The van der Waals surface area contributed by atoms with Crippen LogP contribution in [0.1, 0.15) is 31.4 Å². The molecule has 0 bridgehead atoms. The van der Waals surface area contributed by atoms with E-state index >= 15 is 0 Å². The van der Waals surface area contributed by atoms with Gasteiger partial charge in [-0.25, -0.2) is 8.42 Å². The fraction of sp³-hybridized carbons (Fsp3) is 0.435. The minimum Gasteiger partial charge on any atom is -0.466 e. The molecule has 1 heterocycles. The van der Waals surface area contributed by atoms with Crippen molar-refractivity contribution in [2.45, 2.75) is 44.1 Å². The van der Waals surface area contributed by atoms with Gasteiger partial charge < -0.3 is 9.47 Å². The van der Waals surface area contributed by atoms with Crippen molar-refractivity contribution in [3.8, 4) is 11.1 Å². The first-order chi connectivity index (χ1) is 14.3. The Morgan fingerprint density at radius 2 is 1.80 bits per heavy atom. The lowest BCUT2D eigenvalue weighted by Gasteiger charge is -2.19. The Morgan fingerprint density at radius 1 is 1.13 bits per heavy atom. The van der Waals surface area contributed by atoms with Gasteiger partial charge in [-0.2, -0.15) is 4.31 Å². The van der Waals surface area contributed by atoms with E-state index in [9.17, 15) is 13.2 Å². The highest BCUT2D eigenvalue weighted by atomic mass is 32.2. The van der Waals surface area contributed by atoms with Crippen molar-refractivity contribution < 1.29 is 22.7 Å². The number of epoxide rings is 1. The molecular formula is C23H29NO5S. The highest BCUT2D eigenvalue weighted by molar-refractivity contribution is 7.89. The third-order valence-electron chi connectivity index (χ3n) is 5.20. The van der Waals surface area contributed by atoms with Crippen LogP contribution < -0.4 is 0 Å². The van der Waals surface area contributed by atoms with E-state index in [4.69, 9.17) is 9.47 Å². The molecule has 1 saturated heterocycles. The summed E-state index contributed by atoms with van der Waals surface area (Å²) in [5, 5.41) is 0. The second-order valence-corrected chi connectivity index (χ2v) is 9.43. The molecule has 1 unspecified atom stereocenters. The number of esters is 1. The first-order valence-corrected chi connectivity index (χ1v) is 11.7. The Bertz CT molecular complexity index is 981. The maximum absolute atomic E-state index is 13.0. The standard InChI is InChI=1S/C23H29NO5S/c1-4-18-14-20(11-12-22(18)30(26,27)24(3)15-21-16-29-21)19-9-6-17(7-10-19)8-13-23(25)28-5-2/h6-7,9-12,14,21H,4-5,8,13,15-16H2,1-3H3. The summed E-state index contributed by atoms with van der Waals surface area (Å²) in [7, 11) is -1.96. The number of ether oxygens (including phenoxy) is 2. The van der Waals surface area contributed by atoms with Crippen LogP contribution in [0.5, 0.6) is 0 Å². The number of nitrogens with zero attached hydrogens (tertiary/aromatic N) is 1. The molecule has 0 N–H and O–H groups in total. The Balaban J connectivity index is 1.76. The van der Waals surface area contributed by atoms with E-state index in [2.05, 4.69) is 0 Å². The van der Waals surface area contributed by atoms with Crippen molar-refractivity contribution in [3.63, 3.8) is 0 Å². The van der Waals surface area contributed by atoms with Crippen LogP contribution in [0, 0.1) is 0 Å². The van der Waals surface area contributed by atoms with Gasteiger partial charge in [0.2, 0.25) is 10.0 Å². The van der Waals surface area contributed by atoms with Gasteiger partial charge >= 0.3 is 5.97 Å². The molecule has 0 aromatic heterocycles. The normalized spacial score (nSPS) is 15.9. The smallest absolute Gasteiger partial charge is 0.306 e. The van der Waals surface area contributed by atoms with Gasteiger partial charge in [0.25, 0.3) is 0 Å². The van der Waals surface area contributed by atoms with E-state index in [0.717, 1.165) is 22.3 Å². The maximum Gasteiger partial charge on any atom is 0.306 e. The molecule has 1 aliphatic heterocycles. The predicted octanol–water partition coefficient (Wildman–Crippen LogP) is 3.43.